The molecule has 1 heterocycles. The fourth-order valence-corrected chi connectivity index (χ4v) is 2.17. The molecule has 0 amide bonds. The normalized spacial score (nSPS) is 29.1. The van der Waals surface area contributed by atoms with E-state index >= 15 is 0 Å². The number of likely N-dealkylation sites (N-methyl/N-ethyl adjacent to an activating group) is 1. The van der Waals surface area contributed by atoms with Crippen LogP contribution < -0.4 is 5.73 Å². The van der Waals surface area contributed by atoms with Gasteiger partial charge in [0.05, 0.1) is 0 Å². The Kier molecular flexibility index (Phi) is 4.52. The van der Waals surface area contributed by atoms with Crippen LogP contribution in [0.25, 0.3) is 0 Å². The zero-order valence-electron chi connectivity index (χ0n) is 8.61. The number of nitrogens with two attached hydrogens (primary N) is 1. The van der Waals surface area contributed by atoms with Gasteiger partial charge in [-0.2, -0.15) is 0 Å². The van der Waals surface area contributed by atoms with Gasteiger partial charge in [-0.15, -0.1) is 12.6 Å². The molecule has 0 aromatic heterocycles. The molecule has 13 heavy (non-hydrogen) atoms. The van der Waals surface area contributed by atoms with Crippen LogP contribution in [0, 0.1) is 0 Å². The van der Waals surface area contributed by atoms with Crippen LogP contribution in [0.4, 0.5) is 0 Å². The maximum absolute atomic E-state index is 5.74. The van der Waals surface area contributed by atoms with Gasteiger partial charge in [-0.25, -0.2) is 0 Å². The van der Waals surface area contributed by atoms with E-state index in [1.54, 1.807) is 0 Å². The average Bonchev–Trinajstić information content (AvgIpc) is 2.16. The summed E-state index contributed by atoms with van der Waals surface area (Å²) in [7, 11) is 0. The molecular formula is C9H21N3S. The zero-order valence-corrected chi connectivity index (χ0v) is 9.50. The second kappa shape index (κ2) is 5.20. The summed E-state index contributed by atoms with van der Waals surface area (Å²) in [5, 5.41) is 0. The van der Waals surface area contributed by atoms with Crippen molar-refractivity contribution in [3.8, 4) is 0 Å². The molecule has 0 aliphatic carbocycles. The lowest BCUT2D eigenvalue weighted by molar-refractivity contribution is 0.0714. The highest BCUT2D eigenvalue weighted by Gasteiger charge is 2.25. The van der Waals surface area contributed by atoms with Gasteiger partial charge in [0, 0.05) is 25.7 Å². The summed E-state index contributed by atoms with van der Waals surface area (Å²) in [4.78, 5) is 4.76. The predicted octanol–water partition coefficient (Wildman–Crippen LogP) is 0.575. The maximum atomic E-state index is 5.74. The van der Waals surface area contributed by atoms with Gasteiger partial charge in [0.25, 0.3) is 0 Å². The Morgan fingerprint density at radius 3 is 2.62 bits per heavy atom. The van der Waals surface area contributed by atoms with Crippen LogP contribution in [0.1, 0.15) is 20.3 Å². The van der Waals surface area contributed by atoms with Gasteiger partial charge in [0.1, 0.15) is 5.50 Å². The van der Waals surface area contributed by atoms with Crippen LogP contribution >= 0.6 is 12.6 Å². The smallest absolute Gasteiger partial charge is 0.103 e. The molecule has 4 heteroatoms. The molecule has 1 aliphatic heterocycles. The summed E-state index contributed by atoms with van der Waals surface area (Å²) in [6, 6.07) is 0.664. The number of hydrogen-bond acceptors (Lipinski definition) is 4. The zero-order chi connectivity index (χ0) is 9.84. The molecule has 1 rings (SSSR count). The van der Waals surface area contributed by atoms with Crippen LogP contribution in [0.5, 0.6) is 0 Å². The van der Waals surface area contributed by atoms with E-state index in [1.165, 1.54) is 6.42 Å². The lowest BCUT2D eigenvalue weighted by Crippen LogP contribution is -2.56. The minimum absolute atomic E-state index is 0.0898. The second-order valence-electron chi connectivity index (χ2n) is 3.60. The highest BCUT2D eigenvalue weighted by molar-refractivity contribution is 7.80. The Morgan fingerprint density at radius 2 is 2.15 bits per heavy atom. The number of rotatable bonds is 3. The molecule has 0 aromatic carbocycles. The van der Waals surface area contributed by atoms with E-state index in [1.807, 2.05) is 0 Å². The molecule has 1 fully saturated rings. The fourth-order valence-electron chi connectivity index (χ4n) is 1.96. The first kappa shape index (κ1) is 11.3. The van der Waals surface area contributed by atoms with E-state index in [2.05, 4.69) is 36.3 Å². The van der Waals surface area contributed by atoms with Gasteiger partial charge < -0.3 is 5.73 Å². The van der Waals surface area contributed by atoms with Gasteiger partial charge in [0.2, 0.25) is 0 Å². The van der Waals surface area contributed by atoms with Crippen LogP contribution in [-0.4, -0.2) is 47.5 Å². The Morgan fingerprint density at radius 1 is 1.46 bits per heavy atom. The molecule has 3 nitrogen and oxygen atoms in total. The number of thiol groups is 1. The van der Waals surface area contributed by atoms with Crippen molar-refractivity contribution in [1.29, 1.82) is 0 Å². The van der Waals surface area contributed by atoms with Crippen LogP contribution in [0.15, 0.2) is 0 Å². The van der Waals surface area contributed by atoms with E-state index in [-0.39, 0.29) is 5.50 Å². The van der Waals surface area contributed by atoms with Crippen LogP contribution in [0.3, 0.4) is 0 Å². The fraction of sp³-hybridized carbons (Fsp3) is 1.00. The molecule has 0 saturated carbocycles. The minimum Gasteiger partial charge on any atom is -0.307 e. The topological polar surface area (TPSA) is 32.5 Å². The maximum Gasteiger partial charge on any atom is 0.103 e. The number of nitrogens with zero attached hydrogens (tertiary/aromatic N) is 2. The van der Waals surface area contributed by atoms with Gasteiger partial charge in [-0.1, -0.05) is 13.8 Å². The van der Waals surface area contributed by atoms with Crippen molar-refractivity contribution in [2.45, 2.75) is 31.8 Å². The second-order valence-corrected chi connectivity index (χ2v) is 4.13. The Hall–Kier alpha value is 0.230. The lowest BCUT2D eigenvalue weighted by Gasteiger charge is -2.41. The number of hydrogen-bond donors (Lipinski definition) is 2. The van der Waals surface area contributed by atoms with Gasteiger partial charge in [-0.3, -0.25) is 9.80 Å². The lowest BCUT2D eigenvalue weighted by atomic mass is 10.1. The summed E-state index contributed by atoms with van der Waals surface area (Å²) >= 11 is 4.26. The van der Waals surface area contributed by atoms with Crippen molar-refractivity contribution in [1.82, 2.24) is 9.80 Å². The van der Waals surface area contributed by atoms with Crippen molar-refractivity contribution in [3.05, 3.63) is 0 Å². The first-order chi connectivity index (χ1) is 6.19. The molecule has 1 saturated heterocycles. The molecule has 78 valence electrons. The third-order valence-electron chi connectivity index (χ3n) is 2.89. The minimum atomic E-state index is -0.0898. The van der Waals surface area contributed by atoms with E-state index in [4.69, 9.17) is 5.73 Å². The molecular weight excluding hydrogens is 182 g/mol. The summed E-state index contributed by atoms with van der Waals surface area (Å²) < 4.78 is 0. The van der Waals surface area contributed by atoms with E-state index < -0.39 is 0 Å². The molecule has 0 bridgehead atoms. The Labute approximate surface area is 86.7 Å². The predicted molar refractivity (Wildman–Crippen MR) is 59.9 cm³/mol. The summed E-state index contributed by atoms with van der Waals surface area (Å²) in [6.45, 7) is 8.85. The van der Waals surface area contributed by atoms with Gasteiger partial charge >= 0.3 is 0 Å². The SMILES string of the molecule is CCC1CN(C(N)S)CCN1CC. The summed E-state index contributed by atoms with van der Waals surface area (Å²) in [6.07, 6.45) is 1.20. The van der Waals surface area contributed by atoms with Crippen molar-refractivity contribution >= 4 is 12.6 Å². The van der Waals surface area contributed by atoms with E-state index in [9.17, 15) is 0 Å². The first-order valence-electron chi connectivity index (χ1n) is 5.10. The first-order valence-corrected chi connectivity index (χ1v) is 5.62. The standard InChI is InChI=1S/C9H21N3S/c1-3-8-7-12(9(10)13)6-5-11(8)4-2/h8-9,13H,3-7,10H2,1-2H3. The molecule has 1 aliphatic rings. The van der Waals surface area contributed by atoms with E-state index in [0.29, 0.717) is 6.04 Å². The number of piperazine rings is 1. The molecule has 0 spiro atoms. The largest absolute Gasteiger partial charge is 0.307 e. The van der Waals surface area contributed by atoms with Crippen molar-refractivity contribution in [2.75, 3.05) is 26.2 Å². The average molecular weight is 203 g/mol. The summed E-state index contributed by atoms with van der Waals surface area (Å²) in [5.41, 5.74) is 5.65. The van der Waals surface area contributed by atoms with Crippen molar-refractivity contribution in [2.24, 2.45) is 5.73 Å². The van der Waals surface area contributed by atoms with Crippen LogP contribution in [0.2, 0.25) is 0 Å². The summed E-state index contributed by atoms with van der Waals surface area (Å²) in [5.74, 6) is 0. The van der Waals surface area contributed by atoms with Crippen molar-refractivity contribution in [3.63, 3.8) is 0 Å². The molecule has 0 radical (unpaired) electrons. The molecule has 2 unspecified atom stereocenters. The quantitative estimate of drug-likeness (QED) is 0.520. The third-order valence-corrected chi connectivity index (χ3v) is 3.21. The Balaban J connectivity index is 2.47. The Bertz CT molecular complexity index is 152. The molecule has 0 aromatic rings. The van der Waals surface area contributed by atoms with E-state index in [0.717, 1.165) is 26.2 Å². The van der Waals surface area contributed by atoms with Crippen molar-refractivity contribution < 1.29 is 0 Å². The monoisotopic (exact) mass is 203 g/mol. The van der Waals surface area contributed by atoms with Gasteiger partial charge in [0.15, 0.2) is 0 Å². The molecule has 2 N–H and O–H groups in total. The van der Waals surface area contributed by atoms with Gasteiger partial charge in [-0.05, 0) is 13.0 Å². The highest BCUT2D eigenvalue weighted by atomic mass is 32.1. The molecule has 2 atom stereocenters. The van der Waals surface area contributed by atoms with Crippen LogP contribution in [-0.2, 0) is 0 Å². The third kappa shape index (κ3) is 2.84. The highest BCUT2D eigenvalue weighted by Crippen LogP contribution is 2.14.